The van der Waals surface area contributed by atoms with Gasteiger partial charge in [-0.1, -0.05) is 19.1 Å². The van der Waals surface area contributed by atoms with E-state index in [2.05, 4.69) is 10.1 Å². The minimum atomic E-state index is -3.58. The molecule has 0 saturated heterocycles. The highest BCUT2D eigenvalue weighted by Crippen LogP contribution is 2.31. The van der Waals surface area contributed by atoms with Gasteiger partial charge in [0.2, 0.25) is 6.79 Å². The van der Waals surface area contributed by atoms with Crippen LogP contribution in [0.15, 0.2) is 18.2 Å². The number of amides is 1. The molecule has 1 aliphatic rings. The molecule has 1 heterocycles. The number of hydrogen-bond donors (Lipinski definition) is 2. The van der Waals surface area contributed by atoms with E-state index in [4.69, 9.17) is 14.1 Å². The van der Waals surface area contributed by atoms with Crippen molar-refractivity contribution in [2.24, 2.45) is 0 Å². The van der Waals surface area contributed by atoms with Crippen LogP contribution >= 0.6 is 0 Å². The van der Waals surface area contributed by atoms with Crippen molar-refractivity contribution in [1.29, 1.82) is 0 Å². The Morgan fingerprint density at radius 2 is 2.03 bits per heavy atom. The van der Waals surface area contributed by atoms with Gasteiger partial charge < -0.3 is 29.2 Å². The van der Waals surface area contributed by atoms with Crippen LogP contribution in [0.5, 0.6) is 5.75 Å². The van der Waals surface area contributed by atoms with Crippen LogP contribution < -0.4 is 9.97 Å². The van der Waals surface area contributed by atoms with Crippen molar-refractivity contribution < 1.29 is 47.1 Å². The number of carbonyl (C=O) groups is 3. The molecule has 1 atom stereocenters. The monoisotopic (exact) mass is 429 g/mol. The molecule has 0 radical (unpaired) electrons. The molecule has 1 amide bonds. The molecular weight excluding hydrogens is 407 g/mol. The van der Waals surface area contributed by atoms with Crippen LogP contribution in [-0.2, 0) is 25.4 Å². The lowest BCUT2D eigenvalue weighted by molar-refractivity contribution is -0.146. The predicted octanol–water partition coefficient (Wildman–Crippen LogP) is 1.85. The zero-order chi connectivity index (χ0) is 22.5. The third-order valence-electron chi connectivity index (χ3n) is 4.13. The quantitative estimate of drug-likeness (QED) is 0.383. The smallest absolute Gasteiger partial charge is 0.534 e. The van der Waals surface area contributed by atoms with Crippen LogP contribution in [0.3, 0.4) is 0 Å². The number of esters is 1. The molecule has 0 saturated carbocycles. The molecule has 164 valence electrons. The van der Waals surface area contributed by atoms with E-state index in [1.54, 1.807) is 19.9 Å². The number of rotatable bonds is 7. The molecule has 0 aromatic heterocycles. The summed E-state index contributed by atoms with van der Waals surface area (Å²) in [5, 5.41) is 12.2. The van der Waals surface area contributed by atoms with E-state index in [1.165, 1.54) is 12.1 Å². The Bertz CT molecular complexity index is 804. The topological polar surface area (TPSA) is 120 Å². The van der Waals surface area contributed by atoms with Gasteiger partial charge in [-0.05, 0) is 31.9 Å². The van der Waals surface area contributed by atoms with Crippen LogP contribution in [0.25, 0.3) is 0 Å². The highest BCUT2D eigenvalue weighted by Gasteiger charge is 2.43. The van der Waals surface area contributed by atoms with Gasteiger partial charge in [0.1, 0.15) is 11.3 Å². The molecular formula is C18H22BF2NO8. The first-order valence-electron chi connectivity index (χ1n) is 9.21. The Kier molecular flexibility index (Phi) is 7.60. The second kappa shape index (κ2) is 9.74. The number of alkyl halides is 2. The maximum Gasteiger partial charge on any atom is 0.547 e. The molecule has 0 fully saturated rings. The number of fused-ring (bicyclic) bond motifs is 1. The Balaban J connectivity index is 2.04. The largest absolute Gasteiger partial charge is 0.547 e. The van der Waals surface area contributed by atoms with Crippen LogP contribution in [0, 0.1) is 0 Å². The molecule has 9 nitrogen and oxygen atoms in total. The highest BCUT2D eigenvalue weighted by molar-refractivity contribution is 6.47. The number of para-hydroxylation sites is 1. The maximum atomic E-state index is 13.5. The number of ether oxygens (including phenoxy) is 3. The summed E-state index contributed by atoms with van der Waals surface area (Å²) in [4.78, 5) is 35.2. The Hall–Kier alpha value is -2.89. The van der Waals surface area contributed by atoms with Gasteiger partial charge in [-0.3, -0.25) is 4.79 Å². The van der Waals surface area contributed by atoms with E-state index in [-0.39, 0.29) is 17.7 Å². The van der Waals surface area contributed by atoms with E-state index in [1.807, 2.05) is 0 Å². The molecule has 2 rings (SSSR count). The van der Waals surface area contributed by atoms with Crippen LogP contribution in [-0.4, -0.2) is 54.9 Å². The number of benzene rings is 1. The van der Waals surface area contributed by atoms with E-state index < -0.39 is 56.3 Å². The molecule has 1 aromatic rings. The van der Waals surface area contributed by atoms with Crippen molar-refractivity contribution in [3.05, 3.63) is 29.3 Å². The van der Waals surface area contributed by atoms with Crippen molar-refractivity contribution in [3.8, 4) is 5.75 Å². The van der Waals surface area contributed by atoms with E-state index in [0.29, 0.717) is 5.56 Å². The SMILES string of the molecule is CCC(F)(F)C(=O)N[C@H]1Cc2cccc(C(=O)OCOC(=O)OC(C)C)c2OB1O. The molecule has 0 spiro atoms. The number of carbonyl (C=O) groups excluding carboxylic acids is 3. The number of nitrogens with one attached hydrogen (secondary N) is 1. The second-order valence-electron chi connectivity index (χ2n) is 6.75. The second-order valence-corrected chi connectivity index (χ2v) is 6.75. The Morgan fingerprint density at radius 1 is 1.33 bits per heavy atom. The molecule has 1 aromatic carbocycles. The van der Waals surface area contributed by atoms with Gasteiger partial charge in [0.25, 0.3) is 5.91 Å². The maximum absolute atomic E-state index is 13.5. The molecule has 1 aliphatic heterocycles. The van der Waals surface area contributed by atoms with Gasteiger partial charge in [-0.15, -0.1) is 0 Å². The van der Waals surface area contributed by atoms with Gasteiger partial charge in [0.15, 0.2) is 0 Å². The third-order valence-corrected chi connectivity index (χ3v) is 4.13. The summed E-state index contributed by atoms with van der Waals surface area (Å²) in [6.45, 7) is 3.69. The van der Waals surface area contributed by atoms with Crippen molar-refractivity contribution in [2.45, 2.75) is 51.6 Å². The summed E-state index contributed by atoms with van der Waals surface area (Å²) in [5.74, 6) is -7.17. The fourth-order valence-corrected chi connectivity index (χ4v) is 2.58. The number of hydrogen-bond acceptors (Lipinski definition) is 8. The fraction of sp³-hybridized carbons (Fsp3) is 0.500. The predicted molar refractivity (Wildman–Crippen MR) is 98.9 cm³/mol. The lowest BCUT2D eigenvalue weighted by Crippen LogP contribution is -2.56. The van der Waals surface area contributed by atoms with Gasteiger partial charge >= 0.3 is 25.2 Å². The number of halogens is 2. The summed E-state index contributed by atoms with van der Waals surface area (Å²) in [6, 6.07) is 4.39. The highest BCUT2D eigenvalue weighted by atomic mass is 19.3. The van der Waals surface area contributed by atoms with Crippen LogP contribution in [0.4, 0.5) is 13.6 Å². The molecule has 30 heavy (non-hydrogen) atoms. The van der Waals surface area contributed by atoms with Crippen molar-refractivity contribution >= 4 is 25.2 Å². The first kappa shape index (κ1) is 23.4. The summed E-state index contributed by atoms with van der Waals surface area (Å²) in [5.41, 5.74) is 0.316. The van der Waals surface area contributed by atoms with Gasteiger partial charge in [-0.2, -0.15) is 8.78 Å². The van der Waals surface area contributed by atoms with Crippen molar-refractivity contribution in [3.63, 3.8) is 0 Å². The molecule has 2 N–H and O–H groups in total. The standard InChI is InChI=1S/C18H22BF2NO8/c1-4-18(20,21)16(24)22-13-8-11-6-5-7-12(14(11)30-19(13)26)15(23)27-9-28-17(25)29-10(2)3/h5-7,10,13,26H,4,8-9H2,1-3H3,(H,22,24)/t13-/m0/s1. The van der Waals surface area contributed by atoms with Crippen LogP contribution in [0.2, 0.25) is 0 Å². The lowest BCUT2D eigenvalue weighted by Gasteiger charge is -2.30. The minimum Gasteiger partial charge on any atom is -0.534 e. The first-order chi connectivity index (χ1) is 14.0. The summed E-state index contributed by atoms with van der Waals surface area (Å²) < 4.78 is 46.4. The zero-order valence-electron chi connectivity index (χ0n) is 16.6. The van der Waals surface area contributed by atoms with Crippen molar-refractivity contribution in [2.75, 3.05) is 6.79 Å². The summed E-state index contributed by atoms with van der Waals surface area (Å²) in [6.07, 6.45) is -2.17. The zero-order valence-corrected chi connectivity index (χ0v) is 16.6. The fourth-order valence-electron chi connectivity index (χ4n) is 2.58. The van der Waals surface area contributed by atoms with E-state index >= 15 is 0 Å². The van der Waals surface area contributed by atoms with Crippen LogP contribution in [0.1, 0.15) is 43.1 Å². The average molecular weight is 429 g/mol. The van der Waals surface area contributed by atoms with Crippen molar-refractivity contribution in [1.82, 2.24) is 5.32 Å². The first-order valence-corrected chi connectivity index (χ1v) is 9.21. The minimum absolute atomic E-state index is 0.0208. The third kappa shape index (κ3) is 5.82. The summed E-state index contributed by atoms with van der Waals surface area (Å²) in [7, 11) is -1.67. The molecule has 0 unspecified atom stereocenters. The average Bonchev–Trinajstić information content (AvgIpc) is 2.67. The molecule has 12 heteroatoms. The van der Waals surface area contributed by atoms with Gasteiger partial charge in [0.05, 0.1) is 12.0 Å². The van der Waals surface area contributed by atoms with E-state index in [0.717, 1.165) is 6.92 Å². The van der Waals surface area contributed by atoms with Gasteiger partial charge in [0, 0.05) is 6.42 Å². The Labute approximate surface area is 171 Å². The molecule has 0 aliphatic carbocycles. The normalized spacial score (nSPS) is 15.7. The van der Waals surface area contributed by atoms with Gasteiger partial charge in [-0.25, -0.2) is 9.59 Å². The Morgan fingerprint density at radius 3 is 2.67 bits per heavy atom. The molecule has 0 bridgehead atoms. The lowest BCUT2D eigenvalue weighted by atomic mass is 9.72. The summed E-state index contributed by atoms with van der Waals surface area (Å²) >= 11 is 0. The van der Waals surface area contributed by atoms with E-state index in [9.17, 15) is 28.2 Å².